The van der Waals surface area contributed by atoms with E-state index in [1.807, 2.05) is 0 Å². The van der Waals surface area contributed by atoms with Crippen molar-refractivity contribution in [2.24, 2.45) is 0 Å². The van der Waals surface area contributed by atoms with Crippen LogP contribution in [0.4, 0.5) is 4.39 Å². The molecule has 4 nitrogen and oxygen atoms in total. The van der Waals surface area contributed by atoms with Gasteiger partial charge in [0.05, 0.1) is 19.6 Å². The fourth-order valence-corrected chi connectivity index (χ4v) is 2.47. The average molecular weight is 383 g/mol. The van der Waals surface area contributed by atoms with Crippen LogP contribution in [0.25, 0.3) is 0 Å². The molecule has 0 spiro atoms. The van der Waals surface area contributed by atoms with Crippen molar-refractivity contribution in [3.05, 3.63) is 57.8 Å². The van der Waals surface area contributed by atoms with E-state index >= 15 is 0 Å². The third-order valence-corrected chi connectivity index (χ3v) is 3.50. The molecule has 0 amide bonds. The van der Waals surface area contributed by atoms with Gasteiger partial charge in [0.1, 0.15) is 17.3 Å². The van der Waals surface area contributed by atoms with Gasteiger partial charge in [0.2, 0.25) is 0 Å². The van der Waals surface area contributed by atoms with Crippen molar-refractivity contribution in [3.63, 3.8) is 0 Å². The van der Waals surface area contributed by atoms with E-state index in [4.69, 9.17) is 9.47 Å². The highest BCUT2D eigenvalue weighted by Crippen LogP contribution is 2.29. The Morgan fingerprint density at radius 1 is 1.26 bits per heavy atom. The number of carbonyl (C=O) groups is 1. The zero-order chi connectivity index (χ0) is 16.8. The van der Waals surface area contributed by atoms with Gasteiger partial charge in [-0.2, -0.15) is 0 Å². The SMILES string of the molecule is CCOC(=O)Cc1cc(F)cc(Oc2ccc(Br)cc2CO)c1. The zero-order valence-corrected chi connectivity index (χ0v) is 14.1. The van der Waals surface area contributed by atoms with E-state index in [2.05, 4.69) is 15.9 Å². The molecule has 0 saturated carbocycles. The highest BCUT2D eigenvalue weighted by molar-refractivity contribution is 9.10. The molecule has 0 atom stereocenters. The van der Waals surface area contributed by atoms with Crippen molar-refractivity contribution in [2.75, 3.05) is 6.61 Å². The lowest BCUT2D eigenvalue weighted by atomic mass is 10.1. The van der Waals surface area contributed by atoms with E-state index in [1.54, 1.807) is 31.2 Å². The number of aliphatic hydroxyl groups is 1. The Morgan fingerprint density at radius 2 is 2.04 bits per heavy atom. The number of hydrogen-bond donors (Lipinski definition) is 1. The molecule has 1 N–H and O–H groups in total. The Hall–Kier alpha value is -1.92. The van der Waals surface area contributed by atoms with Gasteiger partial charge in [0.25, 0.3) is 0 Å². The molecule has 0 bridgehead atoms. The number of rotatable bonds is 6. The number of carbonyl (C=O) groups excluding carboxylic acids is 1. The second-order valence-electron chi connectivity index (χ2n) is 4.79. The fraction of sp³-hybridized carbons (Fsp3) is 0.235. The topological polar surface area (TPSA) is 55.8 Å². The maximum Gasteiger partial charge on any atom is 0.310 e. The molecule has 2 aromatic rings. The summed E-state index contributed by atoms with van der Waals surface area (Å²) >= 11 is 3.31. The van der Waals surface area contributed by atoms with E-state index in [0.717, 1.165) is 4.47 Å². The molecule has 0 aromatic heterocycles. The first-order valence-electron chi connectivity index (χ1n) is 7.04. The molecule has 2 aromatic carbocycles. The highest BCUT2D eigenvalue weighted by Gasteiger charge is 2.10. The van der Waals surface area contributed by atoms with Gasteiger partial charge >= 0.3 is 5.97 Å². The Balaban J connectivity index is 2.23. The molecule has 0 aliphatic rings. The predicted octanol–water partition coefficient (Wildman–Crippen LogP) is 3.98. The van der Waals surface area contributed by atoms with Crippen molar-refractivity contribution in [3.8, 4) is 11.5 Å². The molecule has 0 radical (unpaired) electrons. The Labute approximate surface area is 142 Å². The summed E-state index contributed by atoms with van der Waals surface area (Å²) in [7, 11) is 0. The lowest BCUT2D eigenvalue weighted by Gasteiger charge is -2.11. The number of aliphatic hydroxyl groups excluding tert-OH is 1. The first kappa shape index (κ1) is 17.4. The molecule has 0 heterocycles. The van der Waals surface area contributed by atoms with Crippen LogP contribution in [0.3, 0.4) is 0 Å². The molecule has 6 heteroatoms. The van der Waals surface area contributed by atoms with Crippen LogP contribution in [-0.2, 0) is 22.6 Å². The van der Waals surface area contributed by atoms with Crippen LogP contribution in [0.15, 0.2) is 40.9 Å². The van der Waals surface area contributed by atoms with Gasteiger partial charge in [0.15, 0.2) is 0 Å². The smallest absolute Gasteiger partial charge is 0.310 e. The van der Waals surface area contributed by atoms with E-state index < -0.39 is 11.8 Å². The fourth-order valence-electron chi connectivity index (χ4n) is 2.06. The monoisotopic (exact) mass is 382 g/mol. The molecule has 0 aliphatic heterocycles. The maximum absolute atomic E-state index is 13.7. The lowest BCUT2D eigenvalue weighted by Crippen LogP contribution is -2.07. The normalized spacial score (nSPS) is 10.4. The van der Waals surface area contributed by atoms with Crippen molar-refractivity contribution in [2.45, 2.75) is 20.0 Å². The van der Waals surface area contributed by atoms with Crippen molar-refractivity contribution in [1.82, 2.24) is 0 Å². The number of ether oxygens (including phenoxy) is 2. The predicted molar refractivity (Wildman–Crippen MR) is 86.9 cm³/mol. The first-order valence-corrected chi connectivity index (χ1v) is 7.83. The van der Waals surface area contributed by atoms with Gasteiger partial charge < -0.3 is 14.6 Å². The largest absolute Gasteiger partial charge is 0.466 e. The van der Waals surface area contributed by atoms with Crippen LogP contribution in [0, 0.1) is 5.82 Å². The summed E-state index contributed by atoms with van der Waals surface area (Å²) in [6.45, 7) is 1.78. The van der Waals surface area contributed by atoms with E-state index in [0.29, 0.717) is 16.9 Å². The van der Waals surface area contributed by atoms with Gasteiger partial charge in [0, 0.05) is 16.1 Å². The molecule has 2 rings (SSSR count). The van der Waals surface area contributed by atoms with Gasteiger partial charge in [-0.15, -0.1) is 0 Å². The van der Waals surface area contributed by atoms with Crippen molar-refractivity contribution in [1.29, 1.82) is 0 Å². The highest BCUT2D eigenvalue weighted by atomic mass is 79.9. The summed E-state index contributed by atoms with van der Waals surface area (Å²) in [6, 6.07) is 9.20. The summed E-state index contributed by atoms with van der Waals surface area (Å²) < 4.78 is 25.0. The van der Waals surface area contributed by atoms with Crippen molar-refractivity contribution < 1.29 is 23.8 Å². The van der Waals surface area contributed by atoms with Gasteiger partial charge in [-0.05, 0) is 42.8 Å². The second-order valence-corrected chi connectivity index (χ2v) is 5.70. The molecule has 0 saturated heterocycles. The lowest BCUT2D eigenvalue weighted by molar-refractivity contribution is -0.142. The van der Waals surface area contributed by atoms with Crippen LogP contribution in [0.5, 0.6) is 11.5 Å². The van der Waals surface area contributed by atoms with Crippen molar-refractivity contribution >= 4 is 21.9 Å². The van der Waals surface area contributed by atoms with E-state index in [1.165, 1.54) is 12.1 Å². The minimum absolute atomic E-state index is 0.0326. The molecule has 122 valence electrons. The quantitative estimate of drug-likeness (QED) is 0.767. The first-order chi connectivity index (χ1) is 11.0. The molecular formula is C17H16BrFO4. The molecule has 0 fully saturated rings. The maximum atomic E-state index is 13.7. The van der Waals surface area contributed by atoms with Gasteiger partial charge in [-0.3, -0.25) is 4.79 Å². The van der Waals surface area contributed by atoms with Crippen LogP contribution in [0.1, 0.15) is 18.1 Å². The van der Waals surface area contributed by atoms with Crippen LogP contribution >= 0.6 is 15.9 Å². The van der Waals surface area contributed by atoms with Gasteiger partial charge in [-0.1, -0.05) is 15.9 Å². The summed E-state index contributed by atoms with van der Waals surface area (Å²) in [4.78, 5) is 11.5. The average Bonchev–Trinajstić information content (AvgIpc) is 2.48. The Bertz CT molecular complexity index is 703. The number of hydrogen-bond acceptors (Lipinski definition) is 4. The molecule has 0 unspecified atom stereocenters. The standard InChI is InChI=1S/C17H16BrFO4/c1-2-22-17(21)7-11-5-14(19)9-15(6-11)23-16-4-3-13(18)8-12(16)10-20/h3-6,8-9,20H,2,7,10H2,1H3. The number of benzene rings is 2. The number of esters is 1. The summed E-state index contributed by atoms with van der Waals surface area (Å²) in [5, 5.41) is 9.37. The van der Waals surface area contributed by atoms with E-state index in [9.17, 15) is 14.3 Å². The summed E-state index contributed by atoms with van der Waals surface area (Å²) in [5.41, 5.74) is 1.02. The molecule has 23 heavy (non-hydrogen) atoms. The third-order valence-electron chi connectivity index (χ3n) is 3.01. The Kier molecular flexibility index (Phi) is 6.12. The van der Waals surface area contributed by atoms with E-state index in [-0.39, 0.29) is 25.4 Å². The number of halogens is 2. The summed E-state index contributed by atoms with van der Waals surface area (Å²) in [6.07, 6.45) is -0.0326. The molecule has 0 aliphatic carbocycles. The van der Waals surface area contributed by atoms with Crippen LogP contribution < -0.4 is 4.74 Å². The van der Waals surface area contributed by atoms with Gasteiger partial charge in [-0.25, -0.2) is 4.39 Å². The molecular weight excluding hydrogens is 367 g/mol. The minimum atomic E-state index is -0.510. The van der Waals surface area contributed by atoms with Crippen LogP contribution in [0.2, 0.25) is 0 Å². The third kappa shape index (κ3) is 5.04. The minimum Gasteiger partial charge on any atom is -0.466 e. The second kappa shape index (κ2) is 8.08. The Morgan fingerprint density at radius 3 is 2.74 bits per heavy atom. The summed E-state index contributed by atoms with van der Waals surface area (Å²) in [5.74, 6) is -0.266. The van der Waals surface area contributed by atoms with Crippen LogP contribution in [-0.4, -0.2) is 17.7 Å². The zero-order valence-electron chi connectivity index (χ0n) is 12.5.